The molecule has 1 saturated carbocycles. The lowest BCUT2D eigenvalue weighted by atomic mass is 10.1. The van der Waals surface area contributed by atoms with Crippen molar-refractivity contribution >= 4 is 5.96 Å². The van der Waals surface area contributed by atoms with E-state index in [1.165, 1.54) is 19.3 Å². The topological polar surface area (TPSA) is 41.6 Å². The van der Waals surface area contributed by atoms with Gasteiger partial charge < -0.3 is 10.6 Å². The molecule has 0 unspecified atom stereocenters. The van der Waals surface area contributed by atoms with Crippen LogP contribution in [0.2, 0.25) is 0 Å². The molecule has 76 valence electrons. The molecule has 0 radical (unpaired) electrons. The fourth-order valence-electron chi connectivity index (χ4n) is 1.06. The van der Waals surface area contributed by atoms with E-state index in [4.69, 9.17) is 5.73 Å². The third kappa shape index (κ3) is 4.15. The van der Waals surface area contributed by atoms with E-state index in [-0.39, 0.29) is 0 Å². The number of hydrogen-bond donors (Lipinski definition) is 1. The molecule has 0 saturated heterocycles. The van der Waals surface area contributed by atoms with Crippen molar-refractivity contribution in [1.82, 2.24) is 4.90 Å². The van der Waals surface area contributed by atoms with Gasteiger partial charge >= 0.3 is 0 Å². The highest BCUT2D eigenvalue weighted by atomic mass is 15.2. The van der Waals surface area contributed by atoms with Crippen molar-refractivity contribution in [2.75, 3.05) is 13.6 Å². The van der Waals surface area contributed by atoms with Gasteiger partial charge in [0.2, 0.25) is 0 Å². The summed E-state index contributed by atoms with van der Waals surface area (Å²) in [6.07, 6.45) is 3.62. The summed E-state index contributed by atoms with van der Waals surface area (Å²) >= 11 is 0. The summed E-state index contributed by atoms with van der Waals surface area (Å²) < 4.78 is 0. The molecular formula is C10H21N3. The molecule has 13 heavy (non-hydrogen) atoms. The molecule has 0 spiro atoms. The Hall–Kier alpha value is -0.730. The van der Waals surface area contributed by atoms with Crippen molar-refractivity contribution in [2.24, 2.45) is 16.6 Å². The molecule has 3 nitrogen and oxygen atoms in total. The van der Waals surface area contributed by atoms with Crippen LogP contribution in [0.3, 0.4) is 0 Å². The van der Waals surface area contributed by atoms with Gasteiger partial charge in [0.1, 0.15) is 0 Å². The van der Waals surface area contributed by atoms with Crippen LogP contribution >= 0.6 is 0 Å². The van der Waals surface area contributed by atoms with Crippen LogP contribution in [0, 0.1) is 5.92 Å². The minimum Gasteiger partial charge on any atom is -0.370 e. The Morgan fingerprint density at radius 1 is 1.54 bits per heavy atom. The quantitative estimate of drug-likeness (QED) is 0.529. The minimum atomic E-state index is 0.529. The van der Waals surface area contributed by atoms with Crippen LogP contribution in [0.25, 0.3) is 0 Å². The zero-order chi connectivity index (χ0) is 9.84. The lowest BCUT2D eigenvalue weighted by molar-refractivity contribution is 0.432. The van der Waals surface area contributed by atoms with E-state index in [0.29, 0.717) is 12.0 Å². The molecule has 3 heteroatoms. The van der Waals surface area contributed by atoms with E-state index in [0.717, 1.165) is 12.5 Å². The van der Waals surface area contributed by atoms with Gasteiger partial charge in [-0.3, -0.25) is 0 Å². The average molecular weight is 183 g/mol. The van der Waals surface area contributed by atoms with E-state index in [9.17, 15) is 0 Å². The summed E-state index contributed by atoms with van der Waals surface area (Å²) in [5.41, 5.74) is 5.82. The van der Waals surface area contributed by atoms with E-state index in [2.05, 4.69) is 23.7 Å². The second-order valence-corrected chi connectivity index (χ2v) is 4.32. The van der Waals surface area contributed by atoms with Crippen LogP contribution in [0.1, 0.15) is 33.1 Å². The smallest absolute Gasteiger partial charge is 0.191 e. The Morgan fingerprint density at radius 3 is 2.62 bits per heavy atom. The van der Waals surface area contributed by atoms with Gasteiger partial charge in [0.25, 0.3) is 0 Å². The van der Waals surface area contributed by atoms with E-state index >= 15 is 0 Å². The van der Waals surface area contributed by atoms with E-state index < -0.39 is 0 Å². The average Bonchev–Trinajstić information content (AvgIpc) is 2.83. The van der Waals surface area contributed by atoms with E-state index in [1.807, 2.05) is 7.05 Å². The second-order valence-electron chi connectivity index (χ2n) is 4.32. The number of hydrogen-bond acceptors (Lipinski definition) is 1. The SMILES string of the molecule is CC(C)CCN(C)C(N)=NC1CC1. The molecule has 1 aliphatic carbocycles. The van der Waals surface area contributed by atoms with Gasteiger partial charge in [-0.25, -0.2) is 4.99 Å². The highest BCUT2D eigenvalue weighted by molar-refractivity contribution is 5.78. The fourth-order valence-corrected chi connectivity index (χ4v) is 1.06. The molecule has 1 aliphatic rings. The maximum Gasteiger partial charge on any atom is 0.191 e. The first kappa shape index (κ1) is 10.4. The predicted octanol–water partition coefficient (Wildman–Crippen LogP) is 1.44. The number of aliphatic imine (C=N–C) groups is 1. The number of nitrogens with zero attached hydrogens (tertiary/aromatic N) is 2. The largest absolute Gasteiger partial charge is 0.370 e. The molecule has 0 aromatic carbocycles. The first-order valence-corrected chi connectivity index (χ1v) is 5.14. The predicted molar refractivity (Wildman–Crippen MR) is 56.7 cm³/mol. The Morgan fingerprint density at radius 2 is 2.15 bits per heavy atom. The summed E-state index contributed by atoms with van der Waals surface area (Å²) in [5.74, 6) is 1.44. The van der Waals surface area contributed by atoms with Crippen LogP contribution in [0.15, 0.2) is 4.99 Å². The van der Waals surface area contributed by atoms with Crippen LogP contribution in [0.5, 0.6) is 0 Å². The number of nitrogens with two attached hydrogens (primary N) is 1. The van der Waals surface area contributed by atoms with Gasteiger partial charge in [0.05, 0.1) is 6.04 Å². The van der Waals surface area contributed by atoms with Gasteiger partial charge in [0, 0.05) is 13.6 Å². The molecule has 0 atom stereocenters. The van der Waals surface area contributed by atoms with Crippen LogP contribution in [-0.2, 0) is 0 Å². The Balaban J connectivity index is 2.24. The maximum atomic E-state index is 5.82. The van der Waals surface area contributed by atoms with Crippen LogP contribution in [-0.4, -0.2) is 30.5 Å². The molecule has 0 aliphatic heterocycles. The first-order chi connectivity index (χ1) is 6.09. The van der Waals surface area contributed by atoms with Gasteiger partial charge in [-0.2, -0.15) is 0 Å². The Labute approximate surface area is 81.0 Å². The van der Waals surface area contributed by atoms with Crippen LogP contribution < -0.4 is 5.73 Å². The van der Waals surface area contributed by atoms with Crippen molar-refractivity contribution in [2.45, 2.75) is 39.2 Å². The molecule has 0 aromatic rings. The third-order valence-electron chi connectivity index (χ3n) is 2.29. The standard InChI is InChI=1S/C10H21N3/c1-8(2)6-7-13(3)10(11)12-9-4-5-9/h8-9H,4-7H2,1-3H3,(H2,11,12). The Kier molecular flexibility index (Phi) is 3.58. The monoisotopic (exact) mass is 183 g/mol. The lowest BCUT2D eigenvalue weighted by Crippen LogP contribution is -2.35. The van der Waals surface area contributed by atoms with Gasteiger partial charge in [-0.15, -0.1) is 0 Å². The summed E-state index contributed by atoms with van der Waals surface area (Å²) in [4.78, 5) is 6.44. The van der Waals surface area contributed by atoms with Crippen molar-refractivity contribution in [3.05, 3.63) is 0 Å². The van der Waals surface area contributed by atoms with Crippen molar-refractivity contribution in [1.29, 1.82) is 0 Å². The summed E-state index contributed by atoms with van der Waals surface area (Å²) in [6, 6.07) is 0.529. The summed E-state index contributed by atoms with van der Waals surface area (Å²) in [5, 5.41) is 0. The summed E-state index contributed by atoms with van der Waals surface area (Å²) in [7, 11) is 2.02. The van der Waals surface area contributed by atoms with Gasteiger partial charge in [-0.05, 0) is 25.2 Å². The van der Waals surface area contributed by atoms with Crippen molar-refractivity contribution in [3.63, 3.8) is 0 Å². The molecule has 0 amide bonds. The normalized spacial score (nSPS) is 18.0. The van der Waals surface area contributed by atoms with Gasteiger partial charge in [0.15, 0.2) is 5.96 Å². The van der Waals surface area contributed by atoms with Gasteiger partial charge in [-0.1, -0.05) is 13.8 Å². The summed E-state index contributed by atoms with van der Waals surface area (Å²) in [6.45, 7) is 5.46. The van der Waals surface area contributed by atoms with Crippen molar-refractivity contribution in [3.8, 4) is 0 Å². The molecule has 0 bridgehead atoms. The molecule has 0 heterocycles. The highest BCUT2D eigenvalue weighted by Gasteiger charge is 2.21. The lowest BCUT2D eigenvalue weighted by Gasteiger charge is -2.18. The second kappa shape index (κ2) is 4.49. The molecule has 1 fully saturated rings. The van der Waals surface area contributed by atoms with Crippen molar-refractivity contribution < 1.29 is 0 Å². The number of rotatable bonds is 4. The third-order valence-corrected chi connectivity index (χ3v) is 2.29. The zero-order valence-corrected chi connectivity index (χ0v) is 8.95. The zero-order valence-electron chi connectivity index (χ0n) is 8.95. The Bertz CT molecular complexity index is 183. The fraction of sp³-hybridized carbons (Fsp3) is 0.900. The van der Waals surface area contributed by atoms with Crippen LogP contribution in [0.4, 0.5) is 0 Å². The maximum absolute atomic E-state index is 5.82. The van der Waals surface area contributed by atoms with E-state index in [1.54, 1.807) is 0 Å². The minimum absolute atomic E-state index is 0.529. The molecule has 1 rings (SSSR count). The molecule has 2 N–H and O–H groups in total. The molecular weight excluding hydrogens is 162 g/mol. The number of guanidine groups is 1. The first-order valence-electron chi connectivity index (χ1n) is 5.14. The molecule has 0 aromatic heterocycles. The highest BCUT2D eigenvalue weighted by Crippen LogP contribution is 2.23.